The van der Waals surface area contributed by atoms with Gasteiger partial charge in [-0.15, -0.1) is 11.3 Å². The van der Waals surface area contributed by atoms with E-state index in [1.807, 2.05) is 29.2 Å². The molecule has 190 valence electrons. The molecule has 0 saturated carbocycles. The number of methoxy groups -OCH3 is 1. The lowest BCUT2D eigenvalue weighted by atomic mass is 9.99. The topological polar surface area (TPSA) is 51.2 Å². The number of piperidine rings is 1. The summed E-state index contributed by atoms with van der Waals surface area (Å²) < 4.78 is 18.2. The first-order chi connectivity index (χ1) is 17.5. The Balaban J connectivity index is 1.46. The van der Waals surface area contributed by atoms with Gasteiger partial charge >= 0.3 is 0 Å². The summed E-state index contributed by atoms with van der Waals surface area (Å²) in [6.07, 6.45) is 2.38. The molecule has 5 rings (SSSR count). The number of carbonyl (C=O) groups excluding carboxylic acids is 1. The summed E-state index contributed by atoms with van der Waals surface area (Å²) in [5.41, 5.74) is 2.62. The number of ether oxygens (including phenoxy) is 3. The molecule has 0 aliphatic carbocycles. The number of hydrogen-bond acceptors (Lipinski definition) is 6. The largest absolute Gasteiger partial charge is 0.496 e. The number of carbonyl (C=O) groups is 1. The van der Waals surface area contributed by atoms with Gasteiger partial charge in [-0.1, -0.05) is 12.1 Å². The average molecular weight is 507 g/mol. The minimum atomic E-state index is -0.0611. The molecular formula is C29H34N2O4S. The maximum absolute atomic E-state index is 13.5. The zero-order valence-corrected chi connectivity index (χ0v) is 22.1. The summed E-state index contributed by atoms with van der Waals surface area (Å²) in [6, 6.07) is 15.9. The zero-order valence-electron chi connectivity index (χ0n) is 21.3. The van der Waals surface area contributed by atoms with Crippen molar-refractivity contribution >= 4 is 17.2 Å². The fraction of sp³-hybridized carbons (Fsp3) is 0.414. The van der Waals surface area contributed by atoms with Gasteiger partial charge in [0.2, 0.25) is 0 Å². The summed E-state index contributed by atoms with van der Waals surface area (Å²) >= 11 is 1.76. The highest BCUT2D eigenvalue weighted by Crippen LogP contribution is 2.41. The Hall–Kier alpha value is -3.03. The Kier molecular flexibility index (Phi) is 7.48. The predicted molar refractivity (Wildman–Crippen MR) is 143 cm³/mol. The minimum Gasteiger partial charge on any atom is -0.496 e. The normalized spacial score (nSPS) is 18.2. The van der Waals surface area contributed by atoms with Crippen LogP contribution in [0.1, 0.15) is 33.6 Å². The number of amides is 1. The Morgan fingerprint density at radius 1 is 1.14 bits per heavy atom. The molecule has 36 heavy (non-hydrogen) atoms. The van der Waals surface area contributed by atoms with Crippen LogP contribution in [0.15, 0.2) is 48.5 Å². The lowest BCUT2D eigenvalue weighted by Gasteiger charge is -2.29. The second-order valence-corrected chi connectivity index (χ2v) is 11.0. The van der Waals surface area contributed by atoms with Gasteiger partial charge in [0.1, 0.15) is 12.4 Å². The van der Waals surface area contributed by atoms with Crippen molar-refractivity contribution in [3.63, 3.8) is 0 Å². The molecule has 6 nitrogen and oxygen atoms in total. The van der Waals surface area contributed by atoms with Gasteiger partial charge < -0.3 is 24.0 Å². The Morgan fingerprint density at radius 3 is 2.78 bits per heavy atom. The van der Waals surface area contributed by atoms with Crippen molar-refractivity contribution in [1.82, 2.24) is 9.80 Å². The second-order valence-electron chi connectivity index (χ2n) is 9.73. The van der Waals surface area contributed by atoms with Crippen molar-refractivity contribution in [2.24, 2.45) is 5.92 Å². The molecule has 2 aliphatic heterocycles. The molecule has 2 aromatic carbocycles. The van der Waals surface area contributed by atoms with Crippen molar-refractivity contribution < 1.29 is 19.0 Å². The monoisotopic (exact) mass is 506 g/mol. The zero-order chi connectivity index (χ0) is 25.1. The number of hydrogen-bond donors (Lipinski definition) is 0. The number of likely N-dealkylation sites (tertiary alicyclic amines) is 1. The molecule has 1 unspecified atom stereocenters. The molecule has 2 aliphatic rings. The van der Waals surface area contributed by atoms with Crippen LogP contribution in [-0.4, -0.2) is 62.7 Å². The fourth-order valence-corrected chi connectivity index (χ4v) is 5.96. The van der Waals surface area contributed by atoms with Gasteiger partial charge in [-0.2, -0.15) is 0 Å². The van der Waals surface area contributed by atoms with E-state index >= 15 is 0 Å². The summed E-state index contributed by atoms with van der Waals surface area (Å²) in [4.78, 5) is 20.2. The fourth-order valence-electron chi connectivity index (χ4n) is 5.10. The maximum Gasteiger partial charge on any atom is 0.258 e. The molecule has 0 N–H and O–H groups in total. The number of aryl methyl sites for hydroxylation is 1. The van der Waals surface area contributed by atoms with Crippen molar-refractivity contribution in [3.05, 3.63) is 64.5 Å². The predicted octanol–water partition coefficient (Wildman–Crippen LogP) is 5.49. The third-order valence-corrected chi connectivity index (χ3v) is 8.00. The number of rotatable bonds is 6. The van der Waals surface area contributed by atoms with Crippen LogP contribution in [0.4, 0.5) is 0 Å². The molecule has 7 heteroatoms. The molecule has 1 atom stereocenters. The highest BCUT2D eigenvalue weighted by molar-refractivity contribution is 7.15. The first-order valence-electron chi connectivity index (χ1n) is 12.6. The van der Waals surface area contributed by atoms with E-state index in [2.05, 4.69) is 43.1 Å². The maximum atomic E-state index is 13.5. The van der Waals surface area contributed by atoms with Crippen LogP contribution in [0.2, 0.25) is 0 Å². The van der Waals surface area contributed by atoms with E-state index < -0.39 is 0 Å². The smallest absolute Gasteiger partial charge is 0.258 e. The van der Waals surface area contributed by atoms with E-state index in [0.29, 0.717) is 43.5 Å². The van der Waals surface area contributed by atoms with E-state index in [9.17, 15) is 4.79 Å². The minimum absolute atomic E-state index is 0.0611. The van der Waals surface area contributed by atoms with Gasteiger partial charge in [-0.05, 0) is 75.3 Å². The molecule has 0 bridgehead atoms. The van der Waals surface area contributed by atoms with Crippen LogP contribution >= 0.6 is 11.3 Å². The number of thiophene rings is 1. The van der Waals surface area contributed by atoms with Gasteiger partial charge in [0, 0.05) is 34.3 Å². The number of benzene rings is 2. The van der Waals surface area contributed by atoms with Crippen LogP contribution in [0.5, 0.6) is 17.2 Å². The van der Waals surface area contributed by atoms with Crippen LogP contribution in [0.3, 0.4) is 0 Å². The van der Waals surface area contributed by atoms with E-state index in [0.717, 1.165) is 35.7 Å². The first-order valence-corrected chi connectivity index (χ1v) is 13.4. The Morgan fingerprint density at radius 2 is 2.00 bits per heavy atom. The van der Waals surface area contributed by atoms with Crippen LogP contribution in [0, 0.1) is 12.8 Å². The molecule has 3 aromatic rings. The van der Waals surface area contributed by atoms with Gasteiger partial charge in [0.15, 0.2) is 11.5 Å². The Labute approximate surface area is 217 Å². The summed E-state index contributed by atoms with van der Waals surface area (Å²) in [5.74, 6) is 2.55. The summed E-state index contributed by atoms with van der Waals surface area (Å²) in [6.45, 7) is 6.33. The average Bonchev–Trinajstić information content (AvgIpc) is 3.21. The lowest BCUT2D eigenvalue weighted by Crippen LogP contribution is -2.34. The molecule has 1 aromatic heterocycles. The van der Waals surface area contributed by atoms with Crippen LogP contribution in [-0.2, 0) is 6.54 Å². The van der Waals surface area contributed by atoms with Crippen molar-refractivity contribution in [2.75, 3.05) is 47.0 Å². The van der Waals surface area contributed by atoms with E-state index in [-0.39, 0.29) is 5.91 Å². The van der Waals surface area contributed by atoms with Gasteiger partial charge in [-0.25, -0.2) is 0 Å². The van der Waals surface area contributed by atoms with Gasteiger partial charge in [-0.3, -0.25) is 4.79 Å². The lowest BCUT2D eigenvalue weighted by molar-refractivity contribution is 0.0729. The van der Waals surface area contributed by atoms with E-state index in [1.54, 1.807) is 18.4 Å². The first kappa shape index (κ1) is 24.7. The molecule has 1 amide bonds. The van der Waals surface area contributed by atoms with E-state index in [4.69, 9.17) is 14.2 Å². The third-order valence-electron chi connectivity index (χ3n) is 6.95. The molecule has 0 radical (unpaired) electrons. The van der Waals surface area contributed by atoms with Crippen LogP contribution < -0.4 is 14.2 Å². The number of para-hydroxylation sites is 1. The standard InChI is InChI=1S/C29H34N2O4S/c1-20-10-11-27(36-20)22-15-23-18-31(29(32)24-8-4-5-9-25(24)33-3)13-14-34-28(23)26(16-22)35-19-21-7-6-12-30(2)17-21/h4-5,8-11,15-16,21H,6-7,12-14,17-19H2,1-3H3. The number of nitrogens with zero attached hydrogens (tertiary/aromatic N) is 2. The van der Waals surface area contributed by atoms with E-state index in [1.165, 1.54) is 22.6 Å². The molecule has 1 saturated heterocycles. The van der Waals surface area contributed by atoms with Crippen LogP contribution in [0.25, 0.3) is 10.4 Å². The number of fused-ring (bicyclic) bond motifs is 1. The Bertz CT molecular complexity index is 1220. The molecular weight excluding hydrogens is 472 g/mol. The summed E-state index contributed by atoms with van der Waals surface area (Å²) in [5, 5.41) is 0. The second kappa shape index (κ2) is 10.9. The highest BCUT2D eigenvalue weighted by Gasteiger charge is 2.27. The van der Waals surface area contributed by atoms with Crippen molar-refractivity contribution in [2.45, 2.75) is 26.3 Å². The molecule has 1 fully saturated rings. The van der Waals surface area contributed by atoms with Gasteiger partial charge in [0.25, 0.3) is 5.91 Å². The molecule has 3 heterocycles. The third kappa shape index (κ3) is 5.37. The summed E-state index contributed by atoms with van der Waals surface area (Å²) in [7, 11) is 3.77. The quantitative estimate of drug-likeness (QED) is 0.443. The molecule has 0 spiro atoms. The highest BCUT2D eigenvalue weighted by atomic mass is 32.1. The SMILES string of the molecule is COc1ccccc1C(=O)N1CCOc2c(cc(-c3ccc(C)s3)cc2OCC2CCCN(C)C2)C1. The van der Waals surface area contributed by atoms with Gasteiger partial charge in [0.05, 0.1) is 25.8 Å². The van der Waals surface area contributed by atoms with Crippen molar-refractivity contribution in [3.8, 4) is 27.7 Å². The van der Waals surface area contributed by atoms with Crippen molar-refractivity contribution in [1.29, 1.82) is 0 Å².